The van der Waals surface area contributed by atoms with E-state index in [2.05, 4.69) is 4.98 Å². The van der Waals surface area contributed by atoms with Crippen LogP contribution in [0.1, 0.15) is 77.4 Å². The molecular weight excluding hydrogens is 389 g/mol. The maximum Gasteiger partial charge on any atom is 0.416 e. The Morgan fingerprint density at radius 3 is 2.30 bits per heavy atom. The van der Waals surface area contributed by atoms with E-state index in [1.54, 1.807) is 24.7 Å². The van der Waals surface area contributed by atoms with Crippen LogP contribution in [0.4, 0.5) is 13.2 Å². The predicted octanol–water partition coefficient (Wildman–Crippen LogP) is 6.39. The summed E-state index contributed by atoms with van der Waals surface area (Å²) < 4.78 is 42.1. The number of ketones is 1. The SMILES string of the molecule is O=C(c1c(C2CC2)ccn2cncc12)C1CCC(c2ccccc2C(F)(F)F)CC1. The van der Waals surface area contributed by atoms with Crippen LogP contribution >= 0.6 is 0 Å². The lowest BCUT2D eigenvalue weighted by Crippen LogP contribution is -2.24. The Bertz CT molecular complexity index is 1090. The van der Waals surface area contributed by atoms with E-state index in [4.69, 9.17) is 0 Å². The molecule has 0 aliphatic heterocycles. The van der Waals surface area contributed by atoms with Crippen LogP contribution < -0.4 is 0 Å². The fraction of sp³-hybridized carbons (Fsp3) is 0.417. The summed E-state index contributed by atoms with van der Waals surface area (Å²) in [5.41, 5.74) is 2.55. The number of benzene rings is 1. The van der Waals surface area contributed by atoms with Gasteiger partial charge < -0.3 is 4.40 Å². The summed E-state index contributed by atoms with van der Waals surface area (Å²) in [5, 5.41) is 0. The molecule has 2 aromatic heterocycles. The van der Waals surface area contributed by atoms with Crippen molar-refractivity contribution in [2.24, 2.45) is 5.92 Å². The summed E-state index contributed by atoms with van der Waals surface area (Å²) in [4.78, 5) is 17.7. The maximum atomic E-state index is 13.5. The Morgan fingerprint density at radius 1 is 0.933 bits per heavy atom. The number of rotatable bonds is 4. The minimum atomic E-state index is -4.35. The number of carbonyl (C=O) groups is 1. The summed E-state index contributed by atoms with van der Waals surface area (Å²) in [5.74, 6) is 0.280. The second-order valence-electron chi connectivity index (χ2n) is 8.60. The number of hydrogen-bond donors (Lipinski definition) is 0. The molecule has 0 bridgehead atoms. The minimum Gasteiger partial charge on any atom is -0.306 e. The largest absolute Gasteiger partial charge is 0.416 e. The van der Waals surface area contributed by atoms with E-state index in [9.17, 15) is 18.0 Å². The second kappa shape index (κ2) is 7.25. The van der Waals surface area contributed by atoms with Gasteiger partial charge in [-0.15, -0.1) is 0 Å². The van der Waals surface area contributed by atoms with Gasteiger partial charge >= 0.3 is 6.18 Å². The Hall–Kier alpha value is -2.63. The average Bonchev–Trinajstić information content (AvgIpc) is 3.48. The van der Waals surface area contributed by atoms with Gasteiger partial charge in [0.1, 0.15) is 0 Å². The van der Waals surface area contributed by atoms with Crippen molar-refractivity contribution in [3.8, 4) is 0 Å². The molecule has 2 aliphatic rings. The molecule has 2 saturated carbocycles. The number of nitrogens with zero attached hydrogens (tertiary/aromatic N) is 2. The summed E-state index contributed by atoms with van der Waals surface area (Å²) in [6.07, 6.45) is 5.70. The van der Waals surface area contributed by atoms with Gasteiger partial charge in [-0.1, -0.05) is 18.2 Å². The third-order valence-corrected chi connectivity index (χ3v) is 6.69. The van der Waals surface area contributed by atoms with Crippen molar-refractivity contribution in [2.45, 2.75) is 56.5 Å². The van der Waals surface area contributed by atoms with E-state index in [0.29, 0.717) is 37.2 Å². The standard InChI is InChI=1S/C24H23F3N2O/c25-24(26,27)20-4-2-1-3-18(20)15-7-9-17(10-8-15)23(30)22-19(16-5-6-16)11-12-29-14-28-13-21(22)29/h1-4,11-17H,5-10H2. The zero-order valence-electron chi connectivity index (χ0n) is 16.5. The Kier molecular flexibility index (Phi) is 4.68. The molecule has 0 amide bonds. The fourth-order valence-electron chi connectivity index (χ4n) is 4.99. The van der Waals surface area contributed by atoms with Gasteiger partial charge in [-0.25, -0.2) is 4.98 Å². The molecule has 0 N–H and O–H groups in total. The van der Waals surface area contributed by atoms with Gasteiger partial charge in [-0.2, -0.15) is 13.2 Å². The molecular formula is C24H23F3N2O. The van der Waals surface area contributed by atoms with Crippen LogP contribution in [0.2, 0.25) is 0 Å². The lowest BCUT2D eigenvalue weighted by Gasteiger charge is -2.30. The molecule has 2 aliphatic carbocycles. The highest BCUT2D eigenvalue weighted by atomic mass is 19.4. The average molecular weight is 412 g/mol. The molecule has 3 nitrogen and oxygen atoms in total. The first-order valence-electron chi connectivity index (χ1n) is 10.6. The van der Waals surface area contributed by atoms with Crippen molar-refractivity contribution in [1.82, 2.24) is 9.38 Å². The number of fused-ring (bicyclic) bond motifs is 1. The van der Waals surface area contributed by atoms with Crippen LogP contribution in [-0.2, 0) is 6.18 Å². The topological polar surface area (TPSA) is 34.4 Å². The van der Waals surface area contributed by atoms with Crippen LogP contribution in [0.25, 0.3) is 5.52 Å². The highest BCUT2D eigenvalue weighted by Crippen LogP contribution is 2.45. The van der Waals surface area contributed by atoms with E-state index in [1.807, 2.05) is 16.7 Å². The van der Waals surface area contributed by atoms with Crippen molar-refractivity contribution in [3.05, 3.63) is 71.3 Å². The summed E-state index contributed by atoms with van der Waals surface area (Å²) >= 11 is 0. The van der Waals surface area contributed by atoms with Crippen molar-refractivity contribution in [1.29, 1.82) is 0 Å². The predicted molar refractivity (Wildman–Crippen MR) is 108 cm³/mol. The minimum absolute atomic E-state index is 0.130. The molecule has 5 rings (SSSR count). The first-order chi connectivity index (χ1) is 14.4. The molecule has 1 aromatic carbocycles. The van der Waals surface area contributed by atoms with Crippen molar-refractivity contribution in [2.75, 3.05) is 0 Å². The number of halogens is 3. The van der Waals surface area contributed by atoms with Crippen LogP contribution in [0, 0.1) is 5.92 Å². The molecule has 0 atom stereocenters. The van der Waals surface area contributed by atoms with Crippen LogP contribution in [0.3, 0.4) is 0 Å². The molecule has 30 heavy (non-hydrogen) atoms. The third-order valence-electron chi connectivity index (χ3n) is 6.69. The fourth-order valence-corrected chi connectivity index (χ4v) is 4.99. The van der Waals surface area contributed by atoms with Crippen LogP contribution in [-0.4, -0.2) is 15.2 Å². The Morgan fingerprint density at radius 2 is 1.60 bits per heavy atom. The second-order valence-corrected chi connectivity index (χ2v) is 8.60. The summed E-state index contributed by atoms with van der Waals surface area (Å²) in [6, 6.07) is 7.89. The Labute approximate surface area is 172 Å². The quantitative estimate of drug-likeness (QED) is 0.466. The van der Waals surface area contributed by atoms with Gasteiger partial charge in [-0.05, 0) is 73.6 Å². The highest BCUT2D eigenvalue weighted by Gasteiger charge is 2.38. The lowest BCUT2D eigenvalue weighted by atomic mass is 9.74. The van der Waals surface area contributed by atoms with Crippen LogP contribution in [0.5, 0.6) is 0 Å². The Balaban J connectivity index is 1.39. The smallest absolute Gasteiger partial charge is 0.306 e. The number of carbonyl (C=O) groups excluding carboxylic acids is 1. The van der Waals surface area contributed by atoms with Crippen LogP contribution in [0.15, 0.2) is 49.1 Å². The van der Waals surface area contributed by atoms with E-state index in [0.717, 1.165) is 35.6 Å². The molecule has 6 heteroatoms. The molecule has 3 aromatic rings. The van der Waals surface area contributed by atoms with Gasteiger partial charge in [0.05, 0.1) is 23.6 Å². The van der Waals surface area contributed by atoms with Gasteiger partial charge in [0.2, 0.25) is 0 Å². The number of pyridine rings is 1. The van der Waals surface area contributed by atoms with Crippen molar-refractivity contribution < 1.29 is 18.0 Å². The van der Waals surface area contributed by atoms with Gasteiger partial charge in [-0.3, -0.25) is 4.79 Å². The molecule has 2 fully saturated rings. The first kappa shape index (κ1) is 19.3. The van der Waals surface area contributed by atoms with E-state index in [-0.39, 0.29) is 17.6 Å². The summed E-state index contributed by atoms with van der Waals surface area (Å²) in [6.45, 7) is 0. The molecule has 0 radical (unpaired) electrons. The number of aromatic nitrogens is 2. The first-order valence-corrected chi connectivity index (χ1v) is 10.6. The highest BCUT2D eigenvalue weighted by molar-refractivity contribution is 6.05. The van der Waals surface area contributed by atoms with E-state index < -0.39 is 11.7 Å². The van der Waals surface area contributed by atoms with Gasteiger partial charge in [0.25, 0.3) is 0 Å². The number of imidazole rings is 1. The molecule has 156 valence electrons. The third kappa shape index (κ3) is 3.42. The van der Waals surface area contributed by atoms with Gasteiger partial charge in [0, 0.05) is 17.7 Å². The van der Waals surface area contributed by atoms with E-state index >= 15 is 0 Å². The summed E-state index contributed by atoms with van der Waals surface area (Å²) in [7, 11) is 0. The van der Waals surface area contributed by atoms with Crippen molar-refractivity contribution >= 4 is 11.3 Å². The van der Waals surface area contributed by atoms with Crippen molar-refractivity contribution in [3.63, 3.8) is 0 Å². The molecule has 0 saturated heterocycles. The molecule has 2 heterocycles. The van der Waals surface area contributed by atoms with Gasteiger partial charge in [0.15, 0.2) is 5.78 Å². The number of alkyl halides is 3. The van der Waals surface area contributed by atoms with E-state index in [1.165, 1.54) is 6.07 Å². The lowest BCUT2D eigenvalue weighted by molar-refractivity contribution is -0.138. The monoisotopic (exact) mass is 412 g/mol. The number of Topliss-reactive ketones (excluding diaryl/α,β-unsaturated/α-hetero) is 1. The molecule has 0 spiro atoms. The zero-order valence-corrected chi connectivity index (χ0v) is 16.5. The maximum absolute atomic E-state index is 13.5. The normalized spacial score (nSPS) is 22.4. The number of hydrogen-bond acceptors (Lipinski definition) is 2. The zero-order chi connectivity index (χ0) is 20.9. The molecule has 0 unspecified atom stereocenters.